The molecule has 0 spiro atoms. The van der Waals surface area contributed by atoms with Crippen molar-refractivity contribution in [3.63, 3.8) is 0 Å². The topological polar surface area (TPSA) is 30.5 Å². The van der Waals surface area contributed by atoms with Gasteiger partial charge in [-0.3, -0.25) is 0 Å². The Morgan fingerprint density at radius 1 is 1.10 bits per heavy atom. The summed E-state index contributed by atoms with van der Waals surface area (Å²) >= 11 is 3.32. The predicted octanol–water partition coefficient (Wildman–Crippen LogP) is 4.22. The summed E-state index contributed by atoms with van der Waals surface area (Å²) in [5.74, 6) is 1.03. The maximum atomic E-state index is 13.7. The SMILES string of the molecule is COc1ccc(CNc2c(F)cccc2Br)cc1OC. The third kappa shape index (κ3) is 3.22. The fourth-order valence-electron chi connectivity index (χ4n) is 1.85. The van der Waals surface area contributed by atoms with Crippen LogP contribution in [0.1, 0.15) is 5.56 Å². The van der Waals surface area contributed by atoms with Crippen molar-refractivity contribution >= 4 is 21.6 Å². The molecule has 20 heavy (non-hydrogen) atoms. The second-order valence-corrected chi connectivity index (χ2v) is 4.99. The van der Waals surface area contributed by atoms with Crippen molar-refractivity contribution in [2.45, 2.75) is 6.54 Å². The molecule has 0 saturated heterocycles. The first-order valence-corrected chi connectivity index (χ1v) is 6.83. The summed E-state index contributed by atoms with van der Waals surface area (Å²) in [7, 11) is 3.18. The smallest absolute Gasteiger partial charge is 0.161 e. The van der Waals surface area contributed by atoms with Gasteiger partial charge in [-0.05, 0) is 45.8 Å². The average molecular weight is 340 g/mol. The number of benzene rings is 2. The second-order valence-electron chi connectivity index (χ2n) is 4.14. The van der Waals surface area contributed by atoms with Crippen molar-refractivity contribution in [3.8, 4) is 11.5 Å². The highest BCUT2D eigenvalue weighted by Gasteiger charge is 2.08. The monoisotopic (exact) mass is 339 g/mol. The van der Waals surface area contributed by atoms with Gasteiger partial charge >= 0.3 is 0 Å². The van der Waals surface area contributed by atoms with Gasteiger partial charge in [0.25, 0.3) is 0 Å². The molecule has 0 unspecified atom stereocenters. The van der Waals surface area contributed by atoms with Crippen LogP contribution in [0.25, 0.3) is 0 Å². The number of hydrogen-bond acceptors (Lipinski definition) is 3. The van der Waals surface area contributed by atoms with Crippen LogP contribution >= 0.6 is 15.9 Å². The molecule has 5 heteroatoms. The molecule has 0 bridgehead atoms. The fraction of sp³-hybridized carbons (Fsp3) is 0.200. The molecule has 0 aliphatic carbocycles. The molecule has 0 aliphatic heterocycles. The summed E-state index contributed by atoms with van der Waals surface area (Å²) in [6.45, 7) is 0.486. The zero-order chi connectivity index (χ0) is 14.5. The van der Waals surface area contributed by atoms with Gasteiger partial charge in [0.05, 0.1) is 19.9 Å². The molecule has 2 aromatic rings. The number of ether oxygens (including phenoxy) is 2. The summed E-state index contributed by atoms with van der Waals surface area (Å²) in [6.07, 6.45) is 0. The number of hydrogen-bond donors (Lipinski definition) is 1. The minimum Gasteiger partial charge on any atom is -0.493 e. The molecule has 3 nitrogen and oxygen atoms in total. The van der Waals surface area contributed by atoms with E-state index in [0.29, 0.717) is 28.2 Å². The number of halogens is 2. The summed E-state index contributed by atoms with van der Waals surface area (Å²) in [5, 5.41) is 3.07. The average Bonchev–Trinajstić information content (AvgIpc) is 2.46. The van der Waals surface area contributed by atoms with E-state index in [4.69, 9.17) is 9.47 Å². The predicted molar refractivity (Wildman–Crippen MR) is 81.0 cm³/mol. The van der Waals surface area contributed by atoms with Crippen LogP contribution in [0.5, 0.6) is 11.5 Å². The lowest BCUT2D eigenvalue weighted by Gasteiger charge is -2.12. The van der Waals surface area contributed by atoms with Crippen molar-refractivity contribution in [1.82, 2.24) is 0 Å². The van der Waals surface area contributed by atoms with Gasteiger partial charge in [0.15, 0.2) is 11.5 Å². The number of nitrogens with one attached hydrogen (secondary N) is 1. The van der Waals surface area contributed by atoms with Gasteiger partial charge < -0.3 is 14.8 Å². The Morgan fingerprint density at radius 3 is 2.50 bits per heavy atom. The highest BCUT2D eigenvalue weighted by atomic mass is 79.9. The molecule has 0 saturated carbocycles. The van der Waals surface area contributed by atoms with E-state index in [1.165, 1.54) is 6.07 Å². The first-order valence-electron chi connectivity index (χ1n) is 6.04. The Kier molecular flexibility index (Phi) is 4.84. The van der Waals surface area contributed by atoms with Crippen molar-refractivity contribution in [3.05, 3.63) is 52.3 Å². The van der Waals surface area contributed by atoms with Gasteiger partial charge in [-0.1, -0.05) is 12.1 Å². The second kappa shape index (κ2) is 6.61. The van der Waals surface area contributed by atoms with Crippen molar-refractivity contribution in [1.29, 1.82) is 0 Å². The molecule has 0 aromatic heterocycles. The first-order chi connectivity index (χ1) is 9.65. The highest BCUT2D eigenvalue weighted by molar-refractivity contribution is 9.10. The Hall–Kier alpha value is -1.75. The van der Waals surface area contributed by atoms with E-state index >= 15 is 0 Å². The third-order valence-corrected chi connectivity index (χ3v) is 3.54. The zero-order valence-electron chi connectivity index (χ0n) is 11.2. The molecule has 0 atom stereocenters. The zero-order valence-corrected chi connectivity index (χ0v) is 12.8. The van der Waals surface area contributed by atoms with Crippen LogP contribution in [-0.2, 0) is 6.54 Å². The van der Waals surface area contributed by atoms with E-state index in [-0.39, 0.29) is 5.82 Å². The van der Waals surface area contributed by atoms with E-state index < -0.39 is 0 Å². The lowest BCUT2D eigenvalue weighted by atomic mass is 10.2. The Balaban J connectivity index is 2.15. The van der Waals surface area contributed by atoms with E-state index in [0.717, 1.165) is 5.56 Å². The largest absolute Gasteiger partial charge is 0.493 e. The molecule has 2 aromatic carbocycles. The van der Waals surface area contributed by atoms with Crippen LogP contribution in [0.4, 0.5) is 10.1 Å². The standard InChI is InChI=1S/C15H15BrFNO2/c1-19-13-7-6-10(8-14(13)20-2)9-18-15-11(16)4-3-5-12(15)17/h3-8,18H,9H2,1-2H3. The first kappa shape index (κ1) is 14.7. The molecule has 2 rings (SSSR count). The van der Waals surface area contributed by atoms with Crippen molar-refractivity contribution in [2.75, 3.05) is 19.5 Å². The maximum Gasteiger partial charge on any atom is 0.161 e. The van der Waals surface area contributed by atoms with Gasteiger partial charge in [-0.2, -0.15) is 0 Å². The van der Waals surface area contributed by atoms with Crippen LogP contribution in [0.15, 0.2) is 40.9 Å². The van der Waals surface area contributed by atoms with E-state index in [2.05, 4.69) is 21.2 Å². The van der Waals surface area contributed by atoms with Crippen LogP contribution in [0.3, 0.4) is 0 Å². The quantitative estimate of drug-likeness (QED) is 0.884. The van der Waals surface area contributed by atoms with E-state index in [1.54, 1.807) is 26.4 Å². The Morgan fingerprint density at radius 2 is 1.85 bits per heavy atom. The number of anilines is 1. The van der Waals surface area contributed by atoms with Gasteiger partial charge in [-0.25, -0.2) is 4.39 Å². The molecule has 0 aliphatic rings. The molecule has 1 N–H and O–H groups in total. The molecular formula is C15H15BrFNO2. The van der Waals surface area contributed by atoms with Gasteiger partial charge in [0.2, 0.25) is 0 Å². The molecule has 106 valence electrons. The number of rotatable bonds is 5. The Labute approximate surface area is 125 Å². The fourth-order valence-corrected chi connectivity index (χ4v) is 2.33. The van der Waals surface area contributed by atoms with Crippen LogP contribution in [0.2, 0.25) is 0 Å². The highest BCUT2D eigenvalue weighted by Crippen LogP contribution is 2.29. The number of methoxy groups -OCH3 is 2. The van der Waals surface area contributed by atoms with Crippen LogP contribution in [0, 0.1) is 5.82 Å². The lowest BCUT2D eigenvalue weighted by molar-refractivity contribution is 0.354. The summed E-state index contributed by atoms with van der Waals surface area (Å²) in [6, 6.07) is 10.5. The Bertz CT molecular complexity index is 584. The third-order valence-electron chi connectivity index (χ3n) is 2.88. The van der Waals surface area contributed by atoms with Gasteiger partial charge in [0, 0.05) is 11.0 Å². The minimum absolute atomic E-state index is 0.292. The van der Waals surface area contributed by atoms with E-state index in [9.17, 15) is 4.39 Å². The molecule has 0 fully saturated rings. The van der Waals surface area contributed by atoms with Crippen molar-refractivity contribution < 1.29 is 13.9 Å². The lowest BCUT2D eigenvalue weighted by Crippen LogP contribution is -2.03. The normalized spacial score (nSPS) is 10.2. The minimum atomic E-state index is -0.292. The maximum absolute atomic E-state index is 13.7. The van der Waals surface area contributed by atoms with Gasteiger partial charge in [0.1, 0.15) is 5.82 Å². The molecular weight excluding hydrogens is 325 g/mol. The molecule has 0 amide bonds. The molecule has 0 heterocycles. The summed E-state index contributed by atoms with van der Waals surface area (Å²) in [5.41, 5.74) is 1.42. The number of para-hydroxylation sites is 1. The van der Waals surface area contributed by atoms with Gasteiger partial charge in [-0.15, -0.1) is 0 Å². The molecule has 0 radical (unpaired) electrons. The van der Waals surface area contributed by atoms with E-state index in [1.807, 2.05) is 18.2 Å². The van der Waals surface area contributed by atoms with Crippen LogP contribution < -0.4 is 14.8 Å². The summed E-state index contributed by atoms with van der Waals surface area (Å²) < 4.78 is 24.8. The summed E-state index contributed by atoms with van der Waals surface area (Å²) in [4.78, 5) is 0. The van der Waals surface area contributed by atoms with Crippen molar-refractivity contribution in [2.24, 2.45) is 0 Å². The van der Waals surface area contributed by atoms with Crippen LogP contribution in [-0.4, -0.2) is 14.2 Å².